The lowest BCUT2D eigenvalue weighted by Crippen LogP contribution is -2.33. The fraction of sp³-hybridized carbons (Fsp3) is 0.417. The number of amides is 1. The van der Waals surface area contributed by atoms with Gasteiger partial charge in [-0.05, 0) is 31.5 Å². The maximum Gasteiger partial charge on any atom is 0.255 e. The number of methoxy groups -OCH3 is 1. The average Bonchev–Trinajstić information content (AvgIpc) is 2.29. The lowest BCUT2D eigenvalue weighted by molar-refractivity contribution is 0.0931. The number of nitrogens with one attached hydrogen (secondary N) is 1. The third kappa shape index (κ3) is 3.64. The topological polar surface area (TPSA) is 78.8 Å². The predicted molar refractivity (Wildman–Crippen MR) is 63.3 cm³/mol. The summed E-state index contributed by atoms with van der Waals surface area (Å²) in [5, 5.41) is 21.0. The molecule has 0 radical (unpaired) electrons. The second-order valence-electron chi connectivity index (χ2n) is 3.77. The van der Waals surface area contributed by atoms with Crippen LogP contribution in [0, 0.1) is 0 Å². The van der Waals surface area contributed by atoms with Crippen LogP contribution in [0.25, 0.3) is 0 Å². The molecule has 0 heterocycles. The molecule has 0 saturated carbocycles. The first-order chi connectivity index (χ1) is 8.08. The van der Waals surface area contributed by atoms with Crippen LogP contribution in [0.3, 0.4) is 0 Å². The summed E-state index contributed by atoms with van der Waals surface area (Å²) in [6.07, 6.45) is 0.469. The molecule has 0 spiro atoms. The Labute approximate surface area is 100 Å². The summed E-state index contributed by atoms with van der Waals surface area (Å²) in [7, 11) is 1.49. The van der Waals surface area contributed by atoms with E-state index in [0.717, 1.165) is 0 Å². The van der Waals surface area contributed by atoms with Gasteiger partial charge in [0, 0.05) is 12.6 Å². The summed E-state index contributed by atoms with van der Waals surface area (Å²) in [5.74, 6) is 0.0182. The van der Waals surface area contributed by atoms with Crippen molar-refractivity contribution in [2.75, 3.05) is 13.7 Å². The number of carbonyl (C=O) groups is 1. The second-order valence-corrected chi connectivity index (χ2v) is 3.77. The van der Waals surface area contributed by atoms with Crippen molar-refractivity contribution in [3.8, 4) is 11.5 Å². The summed E-state index contributed by atoms with van der Waals surface area (Å²) in [5.41, 5.74) is 0.161. The number of carbonyl (C=O) groups excluding carboxylic acids is 1. The smallest absolute Gasteiger partial charge is 0.255 e. The molecule has 0 aromatic heterocycles. The number of ether oxygens (including phenoxy) is 1. The lowest BCUT2D eigenvalue weighted by Gasteiger charge is -2.13. The first-order valence-corrected chi connectivity index (χ1v) is 5.37. The SMILES string of the molecule is COc1ccc(O)c(C(=O)NC(C)CCO)c1. The number of benzene rings is 1. The molecule has 1 atom stereocenters. The van der Waals surface area contributed by atoms with Crippen molar-refractivity contribution < 1.29 is 19.7 Å². The van der Waals surface area contributed by atoms with E-state index < -0.39 is 0 Å². The van der Waals surface area contributed by atoms with Crippen LogP contribution in [0.15, 0.2) is 18.2 Å². The number of rotatable bonds is 5. The Morgan fingerprint density at radius 2 is 2.24 bits per heavy atom. The molecule has 0 saturated heterocycles. The van der Waals surface area contributed by atoms with Crippen LogP contribution in [0.1, 0.15) is 23.7 Å². The Morgan fingerprint density at radius 3 is 2.82 bits per heavy atom. The van der Waals surface area contributed by atoms with Crippen molar-refractivity contribution in [1.29, 1.82) is 0 Å². The van der Waals surface area contributed by atoms with Gasteiger partial charge in [-0.15, -0.1) is 0 Å². The minimum absolute atomic E-state index is 0.00550. The van der Waals surface area contributed by atoms with Crippen molar-refractivity contribution in [2.24, 2.45) is 0 Å². The van der Waals surface area contributed by atoms with Crippen LogP contribution >= 0.6 is 0 Å². The van der Waals surface area contributed by atoms with Gasteiger partial charge in [-0.3, -0.25) is 4.79 Å². The maximum absolute atomic E-state index is 11.8. The highest BCUT2D eigenvalue weighted by Gasteiger charge is 2.14. The molecule has 5 heteroatoms. The van der Waals surface area contributed by atoms with E-state index in [-0.39, 0.29) is 29.9 Å². The molecular weight excluding hydrogens is 222 g/mol. The Morgan fingerprint density at radius 1 is 1.53 bits per heavy atom. The van der Waals surface area contributed by atoms with Gasteiger partial charge in [-0.1, -0.05) is 0 Å². The van der Waals surface area contributed by atoms with Gasteiger partial charge in [0.25, 0.3) is 5.91 Å². The summed E-state index contributed by atoms with van der Waals surface area (Å²) in [4.78, 5) is 11.8. The Hall–Kier alpha value is -1.75. The van der Waals surface area contributed by atoms with Crippen LogP contribution in [0.2, 0.25) is 0 Å². The van der Waals surface area contributed by atoms with Gasteiger partial charge in [0.15, 0.2) is 0 Å². The molecule has 0 aliphatic heterocycles. The van der Waals surface area contributed by atoms with E-state index in [9.17, 15) is 9.90 Å². The summed E-state index contributed by atoms with van der Waals surface area (Å²) in [6.45, 7) is 1.79. The molecule has 0 fully saturated rings. The van der Waals surface area contributed by atoms with Gasteiger partial charge in [0.2, 0.25) is 0 Å². The minimum atomic E-state index is -0.387. The number of aliphatic hydroxyl groups is 1. The van der Waals surface area contributed by atoms with Gasteiger partial charge in [0.1, 0.15) is 11.5 Å². The van der Waals surface area contributed by atoms with E-state index in [0.29, 0.717) is 12.2 Å². The Bertz CT molecular complexity index is 392. The van der Waals surface area contributed by atoms with Gasteiger partial charge in [-0.2, -0.15) is 0 Å². The van der Waals surface area contributed by atoms with Crippen LogP contribution in [-0.2, 0) is 0 Å². The molecule has 0 bridgehead atoms. The van der Waals surface area contributed by atoms with E-state index in [4.69, 9.17) is 9.84 Å². The zero-order valence-electron chi connectivity index (χ0n) is 9.93. The number of aliphatic hydroxyl groups excluding tert-OH is 1. The minimum Gasteiger partial charge on any atom is -0.507 e. The molecule has 5 nitrogen and oxygen atoms in total. The van der Waals surface area contributed by atoms with Crippen LogP contribution in [-0.4, -0.2) is 35.9 Å². The van der Waals surface area contributed by atoms with Gasteiger partial charge < -0.3 is 20.3 Å². The molecule has 1 unspecified atom stereocenters. The summed E-state index contributed by atoms with van der Waals surface area (Å²) >= 11 is 0. The Kier molecular flexibility index (Phi) is 4.78. The summed E-state index contributed by atoms with van der Waals surface area (Å²) < 4.78 is 4.98. The van der Waals surface area contributed by atoms with Crippen molar-refractivity contribution in [3.63, 3.8) is 0 Å². The fourth-order valence-electron chi connectivity index (χ4n) is 1.39. The lowest BCUT2D eigenvalue weighted by atomic mass is 10.1. The van der Waals surface area contributed by atoms with Crippen molar-refractivity contribution >= 4 is 5.91 Å². The molecule has 0 aliphatic carbocycles. The van der Waals surface area contributed by atoms with Crippen molar-refractivity contribution in [1.82, 2.24) is 5.32 Å². The third-order valence-corrected chi connectivity index (χ3v) is 2.39. The molecule has 17 heavy (non-hydrogen) atoms. The zero-order valence-corrected chi connectivity index (χ0v) is 9.93. The molecule has 0 aliphatic rings. The first kappa shape index (κ1) is 13.3. The first-order valence-electron chi connectivity index (χ1n) is 5.37. The van der Waals surface area contributed by atoms with E-state index in [1.807, 2.05) is 0 Å². The summed E-state index contributed by atoms with van der Waals surface area (Å²) in [6, 6.07) is 4.29. The van der Waals surface area contributed by atoms with Crippen LogP contribution < -0.4 is 10.1 Å². The standard InChI is InChI=1S/C12H17NO4/c1-8(5-6-14)13-12(16)10-7-9(17-2)3-4-11(10)15/h3-4,7-8,14-15H,5-6H2,1-2H3,(H,13,16). The second kappa shape index (κ2) is 6.10. The molecule has 1 aromatic carbocycles. The van der Waals surface area contributed by atoms with Crippen molar-refractivity contribution in [2.45, 2.75) is 19.4 Å². The van der Waals surface area contributed by atoms with Crippen molar-refractivity contribution in [3.05, 3.63) is 23.8 Å². The van der Waals surface area contributed by atoms with E-state index in [2.05, 4.69) is 5.32 Å². The quantitative estimate of drug-likeness (QED) is 0.713. The van der Waals surface area contributed by atoms with E-state index >= 15 is 0 Å². The fourth-order valence-corrected chi connectivity index (χ4v) is 1.39. The number of hydrogen-bond acceptors (Lipinski definition) is 4. The molecule has 94 valence electrons. The number of phenolic OH excluding ortho intramolecular Hbond substituents is 1. The highest BCUT2D eigenvalue weighted by atomic mass is 16.5. The maximum atomic E-state index is 11.8. The zero-order chi connectivity index (χ0) is 12.8. The van der Waals surface area contributed by atoms with Gasteiger partial charge >= 0.3 is 0 Å². The highest BCUT2D eigenvalue weighted by molar-refractivity contribution is 5.97. The van der Waals surface area contributed by atoms with Gasteiger partial charge in [0.05, 0.1) is 12.7 Å². The number of phenols is 1. The predicted octanol–water partition coefficient (Wildman–Crippen LogP) is 0.901. The normalized spacial score (nSPS) is 11.9. The van der Waals surface area contributed by atoms with Crippen LogP contribution in [0.5, 0.6) is 11.5 Å². The number of aromatic hydroxyl groups is 1. The molecule has 1 amide bonds. The average molecular weight is 239 g/mol. The Balaban J connectivity index is 2.80. The number of hydrogen-bond donors (Lipinski definition) is 3. The van der Waals surface area contributed by atoms with E-state index in [1.54, 1.807) is 13.0 Å². The highest BCUT2D eigenvalue weighted by Crippen LogP contribution is 2.22. The largest absolute Gasteiger partial charge is 0.507 e. The molecule has 1 aromatic rings. The van der Waals surface area contributed by atoms with E-state index in [1.165, 1.54) is 19.2 Å². The molecular formula is C12H17NO4. The van der Waals surface area contributed by atoms with Crippen LogP contribution in [0.4, 0.5) is 0 Å². The third-order valence-electron chi connectivity index (χ3n) is 2.39. The molecule has 3 N–H and O–H groups in total. The van der Waals surface area contributed by atoms with Gasteiger partial charge in [-0.25, -0.2) is 0 Å². The monoisotopic (exact) mass is 239 g/mol. The molecule has 1 rings (SSSR count).